The number of alkyl halides is 3. The fourth-order valence-corrected chi connectivity index (χ4v) is 1.30. The number of rotatable bonds is 7. The molecule has 0 aromatic heterocycles. The minimum Gasteiger partial charge on any atom is -0.550 e. The van der Waals surface area contributed by atoms with E-state index in [-0.39, 0.29) is 0 Å². The number of esters is 1. The van der Waals surface area contributed by atoms with E-state index in [9.17, 15) is 32.7 Å². The minimum absolute atomic E-state index is 0.410. The van der Waals surface area contributed by atoms with E-state index in [2.05, 4.69) is 0 Å². The Morgan fingerprint density at radius 3 is 2.05 bits per heavy atom. The van der Waals surface area contributed by atoms with Gasteiger partial charge in [0.05, 0.1) is 0 Å². The van der Waals surface area contributed by atoms with Gasteiger partial charge in [0, 0.05) is 12.4 Å². The van der Waals surface area contributed by atoms with Crippen LogP contribution < -0.4 is 10.4 Å². The van der Waals surface area contributed by atoms with Crippen molar-refractivity contribution in [3.05, 3.63) is 0 Å². The Balaban J connectivity index is 4.83. The van der Waals surface area contributed by atoms with Gasteiger partial charge in [-0.3, -0.25) is 4.79 Å². The van der Waals surface area contributed by atoms with Crippen molar-refractivity contribution in [3.8, 4) is 0 Å². The van der Waals surface area contributed by atoms with Gasteiger partial charge >= 0.3 is 18.1 Å². The van der Waals surface area contributed by atoms with Crippen molar-refractivity contribution in [3.63, 3.8) is 0 Å². The summed E-state index contributed by atoms with van der Waals surface area (Å²) < 4.78 is 41.0. The number of carbonyl (C=O) groups is 3. The topological polar surface area (TPSA) is 95.5 Å². The van der Waals surface area contributed by atoms with Gasteiger partial charge in [0.2, 0.25) is 0 Å². The Morgan fingerprint density at radius 1 is 1.20 bits per heavy atom. The summed E-state index contributed by atoms with van der Waals surface area (Å²) in [6.45, 7) is 3.37. The molecule has 0 radical (unpaired) electrons. The summed E-state index contributed by atoms with van der Waals surface area (Å²) in [5.74, 6) is -5.43. The Hall–Kier alpha value is -1.80. The Morgan fingerprint density at radius 2 is 1.70 bits per heavy atom. The lowest BCUT2D eigenvalue weighted by Crippen LogP contribution is -2.50. The first-order valence-electron chi connectivity index (χ1n) is 5.89. The molecule has 0 aromatic carbocycles. The number of hydrogen-bond donors (Lipinski definition) is 1. The second-order valence-electron chi connectivity index (χ2n) is 3.98. The zero-order valence-corrected chi connectivity index (χ0v) is 11.0. The summed E-state index contributed by atoms with van der Waals surface area (Å²) in [6, 6.07) is -1.94. The van der Waals surface area contributed by atoms with Gasteiger partial charge in [-0.1, -0.05) is 13.8 Å². The van der Waals surface area contributed by atoms with Gasteiger partial charge in [0.25, 0.3) is 0 Å². The van der Waals surface area contributed by atoms with Gasteiger partial charge in [0.15, 0.2) is 0 Å². The molecule has 0 aliphatic heterocycles. The van der Waals surface area contributed by atoms with Gasteiger partial charge in [-0.05, 0) is 12.8 Å². The highest BCUT2D eigenvalue weighted by Crippen LogP contribution is 2.15. The fourth-order valence-electron chi connectivity index (χ4n) is 1.30. The van der Waals surface area contributed by atoms with Crippen molar-refractivity contribution in [2.45, 2.75) is 51.4 Å². The third-order valence-corrected chi connectivity index (χ3v) is 2.41. The molecule has 20 heavy (non-hydrogen) atoms. The molecule has 1 unspecified atom stereocenters. The summed E-state index contributed by atoms with van der Waals surface area (Å²) in [7, 11) is 0. The summed E-state index contributed by atoms with van der Waals surface area (Å²) in [6.07, 6.45) is -6.06. The number of carbonyl (C=O) groups excluding carboxylic acids is 3. The molecule has 0 fully saturated rings. The number of aliphatic carboxylic acids is 1. The van der Waals surface area contributed by atoms with Crippen LogP contribution in [-0.4, -0.2) is 36.2 Å². The molecular weight excluding hydrogens is 283 g/mol. The van der Waals surface area contributed by atoms with E-state index in [0.717, 1.165) is 0 Å². The molecule has 0 aliphatic rings. The number of carboxylic acid groups (broad SMARTS) is 1. The molecule has 116 valence electrons. The molecule has 6 nitrogen and oxygen atoms in total. The van der Waals surface area contributed by atoms with Crippen LogP contribution >= 0.6 is 0 Å². The molecule has 0 heterocycles. The zero-order chi connectivity index (χ0) is 15.9. The largest absolute Gasteiger partial charge is 0.550 e. The van der Waals surface area contributed by atoms with Crippen molar-refractivity contribution in [1.82, 2.24) is 5.32 Å². The first-order valence-corrected chi connectivity index (χ1v) is 5.89. The van der Waals surface area contributed by atoms with E-state index >= 15 is 0 Å². The van der Waals surface area contributed by atoms with Crippen LogP contribution in [0.3, 0.4) is 0 Å². The molecule has 0 spiro atoms. The van der Waals surface area contributed by atoms with Gasteiger partial charge in [-0.2, -0.15) is 13.2 Å². The van der Waals surface area contributed by atoms with Crippen LogP contribution in [0.1, 0.15) is 33.1 Å². The third kappa shape index (κ3) is 6.39. The Labute approximate surface area is 113 Å². The molecule has 1 atom stereocenters. The van der Waals surface area contributed by atoms with Crippen molar-refractivity contribution < 1.29 is 37.4 Å². The van der Waals surface area contributed by atoms with Crippen LogP contribution in [0.25, 0.3) is 0 Å². The van der Waals surface area contributed by atoms with E-state index < -0.39 is 42.6 Å². The van der Waals surface area contributed by atoms with E-state index in [4.69, 9.17) is 4.74 Å². The SMILES string of the molecule is CCC(CC)OC(=O)C(CC(=O)[O-])NC(=O)C(F)(F)F. The Bertz CT molecular complexity index is 366. The predicted molar refractivity (Wildman–Crippen MR) is 58.1 cm³/mol. The van der Waals surface area contributed by atoms with Crippen LogP contribution in [0, 0.1) is 0 Å². The quantitative estimate of drug-likeness (QED) is 0.662. The van der Waals surface area contributed by atoms with Gasteiger partial charge < -0.3 is 20.0 Å². The summed E-state index contributed by atoms with van der Waals surface area (Å²) in [5.41, 5.74) is 0. The normalized spacial score (nSPS) is 12.9. The van der Waals surface area contributed by atoms with Crippen LogP contribution in [0.5, 0.6) is 0 Å². The first kappa shape index (κ1) is 18.2. The number of carboxylic acids is 1. The monoisotopic (exact) mass is 298 g/mol. The zero-order valence-electron chi connectivity index (χ0n) is 11.0. The lowest BCUT2D eigenvalue weighted by molar-refractivity contribution is -0.306. The smallest absolute Gasteiger partial charge is 0.471 e. The van der Waals surface area contributed by atoms with Crippen molar-refractivity contribution in [2.24, 2.45) is 0 Å². The van der Waals surface area contributed by atoms with Gasteiger partial charge in [-0.25, -0.2) is 4.79 Å². The van der Waals surface area contributed by atoms with E-state index in [1.54, 1.807) is 13.8 Å². The molecule has 0 aromatic rings. The lowest BCUT2D eigenvalue weighted by Gasteiger charge is -2.22. The van der Waals surface area contributed by atoms with Gasteiger partial charge in [0.1, 0.15) is 12.1 Å². The average molecular weight is 298 g/mol. The van der Waals surface area contributed by atoms with E-state index in [1.165, 1.54) is 5.32 Å². The maximum absolute atomic E-state index is 12.1. The molecule has 1 N–H and O–H groups in total. The van der Waals surface area contributed by atoms with Crippen molar-refractivity contribution in [2.75, 3.05) is 0 Å². The van der Waals surface area contributed by atoms with Crippen LogP contribution in [-0.2, 0) is 19.1 Å². The molecule has 0 saturated heterocycles. The summed E-state index contributed by atoms with van der Waals surface area (Å²) in [4.78, 5) is 32.7. The standard InChI is InChI=1S/C11H16F3NO5/c1-3-6(4-2)20-9(18)7(5-8(16)17)15-10(19)11(12,13)14/h6-7H,3-5H2,1-2H3,(H,15,19)(H,16,17)/p-1. The molecule has 9 heteroatoms. The molecule has 0 bridgehead atoms. The van der Waals surface area contributed by atoms with Crippen molar-refractivity contribution >= 4 is 17.8 Å². The van der Waals surface area contributed by atoms with E-state index in [0.29, 0.717) is 12.8 Å². The van der Waals surface area contributed by atoms with Crippen LogP contribution in [0.4, 0.5) is 13.2 Å². The van der Waals surface area contributed by atoms with Crippen LogP contribution in [0.2, 0.25) is 0 Å². The number of nitrogens with one attached hydrogen (secondary N) is 1. The third-order valence-electron chi connectivity index (χ3n) is 2.41. The predicted octanol–water partition coefficient (Wildman–Crippen LogP) is -0.0947. The highest BCUT2D eigenvalue weighted by Gasteiger charge is 2.41. The summed E-state index contributed by atoms with van der Waals surface area (Å²) >= 11 is 0. The minimum atomic E-state index is -5.22. The maximum atomic E-state index is 12.1. The van der Waals surface area contributed by atoms with E-state index in [1.807, 2.05) is 0 Å². The molecule has 0 rings (SSSR count). The van der Waals surface area contributed by atoms with Gasteiger partial charge in [-0.15, -0.1) is 0 Å². The molecular formula is C11H15F3NO5-. The summed E-state index contributed by atoms with van der Waals surface area (Å²) in [5, 5.41) is 11.7. The second kappa shape index (κ2) is 7.71. The highest BCUT2D eigenvalue weighted by molar-refractivity contribution is 5.89. The second-order valence-corrected chi connectivity index (χ2v) is 3.98. The number of hydrogen-bond acceptors (Lipinski definition) is 5. The lowest BCUT2D eigenvalue weighted by atomic mass is 10.2. The highest BCUT2D eigenvalue weighted by atomic mass is 19.4. The number of ether oxygens (including phenoxy) is 1. The molecule has 0 aliphatic carbocycles. The van der Waals surface area contributed by atoms with Crippen molar-refractivity contribution in [1.29, 1.82) is 0 Å². The Kier molecular flexibility index (Phi) is 7.01. The average Bonchev–Trinajstić information content (AvgIpc) is 2.32. The number of amides is 1. The number of halogens is 3. The first-order chi connectivity index (χ1) is 9.11. The fraction of sp³-hybridized carbons (Fsp3) is 0.727. The molecule has 0 saturated carbocycles. The maximum Gasteiger partial charge on any atom is 0.471 e. The van der Waals surface area contributed by atoms with Crippen LogP contribution in [0.15, 0.2) is 0 Å². The molecule has 1 amide bonds.